The van der Waals surface area contributed by atoms with Crippen molar-refractivity contribution in [2.75, 3.05) is 5.32 Å². The van der Waals surface area contributed by atoms with Crippen LogP contribution in [0.4, 0.5) is 10.1 Å². The summed E-state index contributed by atoms with van der Waals surface area (Å²) in [5.41, 5.74) is 0.231. The Labute approximate surface area is 121 Å². The molecule has 0 spiro atoms. The largest absolute Gasteiger partial charge is 0.326 e. The molecule has 0 aromatic heterocycles. The van der Waals surface area contributed by atoms with Crippen molar-refractivity contribution in [2.45, 2.75) is 37.0 Å². The molecule has 20 heavy (non-hydrogen) atoms. The Balaban J connectivity index is 2.03. The van der Waals surface area contributed by atoms with E-state index in [2.05, 4.69) is 5.32 Å². The number of amides is 1. The quantitative estimate of drug-likeness (QED) is 0.866. The van der Waals surface area contributed by atoms with E-state index in [0.717, 1.165) is 37.8 Å². The summed E-state index contributed by atoms with van der Waals surface area (Å²) in [6.45, 7) is 0. The minimum atomic E-state index is -4.11. The molecule has 1 N–H and O–H groups in total. The highest BCUT2D eigenvalue weighted by Crippen LogP contribution is 2.28. The predicted molar refractivity (Wildman–Crippen MR) is 74.6 cm³/mol. The van der Waals surface area contributed by atoms with Crippen LogP contribution < -0.4 is 5.32 Å². The number of hydrogen-bond donors (Lipinski definition) is 1. The summed E-state index contributed by atoms with van der Waals surface area (Å²) >= 11 is 0. The topological polar surface area (TPSA) is 63.2 Å². The number of benzene rings is 1. The zero-order chi connectivity index (χ0) is 14.8. The summed E-state index contributed by atoms with van der Waals surface area (Å²) in [5, 5.41) is 2.57. The molecule has 1 saturated carbocycles. The van der Waals surface area contributed by atoms with E-state index in [-0.39, 0.29) is 11.6 Å². The van der Waals surface area contributed by atoms with E-state index >= 15 is 0 Å². The molecule has 0 radical (unpaired) electrons. The third-order valence-electron chi connectivity index (χ3n) is 3.43. The summed E-state index contributed by atoms with van der Waals surface area (Å²) in [7, 11) is 0.967. The number of rotatable bonds is 4. The van der Waals surface area contributed by atoms with Crippen molar-refractivity contribution >= 4 is 31.3 Å². The fourth-order valence-corrected chi connectivity index (χ4v) is 3.36. The number of carbonyl (C=O) groups excluding carboxylic acids is 1. The molecule has 4 nitrogen and oxygen atoms in total. The van der Waals surface area contributed by atoms with Gasteiger partial charge in [-0.3, -0.25) is 4.79 Å². The molecule has 1 aliphatic carbocycles. The van der Waals surface area contributed by atoms with Gasteiger partial charge in [0.05, 0.1) is 0 Å². The van der Waals surface area contributed by atoms with Gasteiger partial charge in [0.15, 0.2) is 0 Å². The zero-order valence-corrected chi connectivity index (χ0v) is 12.3. The van der Waals surface area contributed by atoms with Gasteiger partial charge in [-0.25, -0.2) is 12.8 Å². The number of carbonyl (C=O) groups is 1. The molecule has 1 aromatic rings. The van der Waals surface area contributed by atoms with Crippen molar-refractivity contribution in [3.8, 4) is 0 Å². The Morgan fingerprint density at radius 2 is 2.00 bits per heavy atom. The van der Waals surface area contributed by atoms with Gasteiger partial charge in [-0.2, -0.15) is 0 Å². The molecule has 0 atom stereocenters. The van der Waals surface area contributed by atoms with Crippen LogP contribution in [-0.4, -0.2) is 14.3 Å². The van der Waals surface area contributed by atoms with Gasteiger partial charge in [0.2, 0.25) is 5.91 Å². The normalized spacial score (nSPS) is 16.3. The molecular formula is C13H15ClFNO3S. The van der Waals surface area contributed by atoms with Gasteiger partial charge in [0.25, 0.3) is 9.05 Å². The lowest BCUT2D eigenvalue weighted by Gasteiger charge is -2.10. The fraction of sp³-hybridized carbons (Fsp3) is 0.462. The summed E-state index contributed by atoms with van der Waals surface area (Å²) in [4.78, 5) is 11.2. The first-order valence-electron chi connectivity index (χ1n) is 6.40. The first-order valence-corrected chi connectivity index (χ1v) is 8.71. The van der Waals surface area contributed by atoms with E-state index in [9.17, 15) is 17.6 Å². The second-order valence-corrected chi connectivity index (χ2v) is 7.52. The van der Waals surface area contributed by atoms with Crippen LogP contribution in [0.25, 0.3) is 0 Å². The van der Waals surface area contributed by atoms with Gasteiger partial charge in [-0.1, -0.05) is 12.8 Å². The highest BCUT2D eigenvalue weighted by Gasteiger charge is 2.20. The van der Waals surface area contributed by atoms with E-state index < -0.39 is 19.8 Å². The highest BCUT2D eigenvalue weighted by molar-refractivity contribution is 8.13. The van der Waals surface area contributed by atoms with Crippen LogP contribution in [0.1, 0.15) is 32.1 Å². The van der Waals surface area contributed by atoms with Gasteiger partial charge < -0.3 is 5.32 Å². The smallest absolute Gasteiger partial charge is 0.264 e. The van der Waals surface area contributed by atoms with E-state index in [1.807, 2.05) is 0 Å². The Morgan fingerprint density at radius 3 is 2.55 bits per heavy atom. The Kier molecular flexibility index (Phi) is 4.65. The lowest BCUT2D eigenvalue weighted by molar-refractivity contribution is -0.117. The van der Waals surface area contributed by atoms with Crippen molar-refractivity contribution in [3.63, 3.8) is 0 Å². The van der Waals surface area contributed by atoms with Gasteiger partial charge in [0.1, 0.15) is 10.7 Å². The third kappa shape index (κ3) is 3.93. The minimum Gasteiger partial charge on any atom is -0.326 e. The molecule has 0 aliphatic heterocycles. The van der Waals surface area contributed by atoms with Crippen LogP contribution in [0.3, 0.4) is 0 Å². The van der Waals surface area contributed by atoms with E-state index in [1.165, 1.54) is 6.07 Å². The van der Waals surface area contributed by atoms with Crippen LogP contribution in [0.15, 0.2) is 23.1 Å². The zero-order valence-electron chi connectivity index (χ0n) is 10.7. The molecule has 1 aliphatic rings. The molecule has 2 rings (SSSR count). The first kappa shape index (κ1) is 15.3. The van der Waals surface area contributed by atoms with Gasteiger partial charge in [0, 0.05) is 22.8 Å². The van der Waals surface area contributed by atoms with Crippen LogP contribution in [-0.2, 0) is 13.8 Å². The number of halogens is 2. The van der Waals surface area contributed by atoms with Crippen molar-refractivity contribution in [1.82, 2.24) is 0 Å². The lowest BCUT2D eigenvalue weighted by Crippen LogP contribution is -2.15. The molecule has 110 valence electrons. The fourth-order valence-electron chi connectivity index (χ4n) is 2.47. The maximum atomic E-state index is 13.6. The monoisotopic (exact) mass is 319 g/mol. The Hall–Kier alpha value is -1.14. The molecule has 0 unspecified atom stereocenters. The standard InChI is InChI=1S/C13H15ClFNO3S/c14-20(18,19)12-6-5-10(8-11(12)15)16-13(17)7-9-3-1-2-4-9/h5-6,8-9H,1-4,7H2,(H,16,17). The number of nitrogens with one attached hydrogen (secondary N) is 1. The summed E-state index contributed by atoms with van der Waals surface area (Å²) in [5.74, 6) is -0.765. The minimum absolute atomic E-state index is 0.183. The van der Waals surface area contributed by atoms with Crippen molar-refractivity contribution in [2.24, 2.45) is 5.92 Å². The van der Waals surface area contributed by atoms with Gasteiger partial charge in [-0.05, 0) is 37.0 Å². The lowest BCUT2D eigenvalue weighted by atomic mass is 10.0. The summed E-state index contributed by atoms with van der Waals surface area (Å²) in [6.07, 6.45) is 4.80. The molecule has 7 heteroatoms. The molecule has 0 saturated heterocycles. The molecule has 0 bridgehead atoms. The molecule has 1 amide bonds. The molecular weight excluding hydrogens is 305 g/mol. The summed E-state index contributed by atoms with van der Waals surface area (Å²) < 4.78 is 35.7. The Morgan fingerprint density at radius 1 is 1.35 bits per heavy atom. The van der Waals surface area contributed by atoms with Gasteiger partial charge in [-0.15, -0.1) is 0 Å². The van der Waals surface area contributed by atoms with Crippen molar-refractivity contribution in [3.05, 3.63) is 24.0 Å². The van der Waals surface area contributed by atoms with Crippen LogP contribution in [0.2, 0.25) is 0 Å². The maximum Gasteiger partial charge on any atom is 0.264 e. The third-order valence-corrected chi connectivity index (χ3v) is 4.78. The molecule has 1 fully saturated rings. The number of anilines is 1. The second kappa shape index (κ2) is 6.10. The van der Waals surface area contributed by atoms with Crippen molar-refractivity contribution in [1.29, 1.82) is 0 Å². The first-order chi connectivity index (χ1) is 9.36. The molecule has 0 heterocycles. The van der Waals surface area contributed by atoms with E-state index in [1.54, 1.807) is 0 Å². The van der Waals surface area contributed by atoms with Crippen molar-refractivity contribution < 1.29 is 17.6 Å². The average Bonchev–Trinajstić information content (AvgIpc) is 2.79. The van der Waals surface area contributed by atoms with Gasteiger partial charge >= 0.3 is 0 Å². The Bertz CT molecular complexity index is 612. The van der Waals surface area contributed by atoms with Crippen LogP contribution in [0.5, 0.6) is 0 Å². The van der Waals surface area contributed by atoms with Crippen LogP contribution >= 0.6 is 10.7 Å². The van der Waals surface area contributed by atoms with E-state index in [0.29, 0.717) is 12.3 Å². The average molecular weight is 320 g/mol. The maximum absolute atomic E-state index is 13.6. The summed E-state index contributed by atoms with van der Waals surface area (Å²) in [6, 6.07) is 3.33. The van der Waals surface area contributed by atoms with E-state index in [4.69, 9.17) is 10.7 Å². The second-order valence-electron chi connectivity index (χ2n) is 4.99. The number of hydrogen-bond acceptors (Lipinski definition) is 3. The van der Waals surface area contributed by atoms with Crippen LogP contribution in [0, 0.1) is 11.7 Å². The molecule has 1 aromatic carbocycles. The highest BCUT2D eigenvalue weighted by atomic mass is 35.7. The SMILES string of the molecule is O=C(CC1CCCC1)Nc1ccc(S(=O)(=O)Cl)c(F)c1. The predicted octanol–water partition coefficient (Wildman–Crippen LogP) is 3.27.